The standard InChI is InChI=1S/C24H22F2N6O3S/c1-13-12-35-32(31-13)24-9-20(24)23(2,30-21(36-24)29-22(33)34)16-7-14(3-5-17(16)25)8-18(26)19-6-4-15(10-27)11-28-19/h3-8,11,13,20,31H,9,12H2,1-2H3,(H,29,30)(H,33,34)/b18-8-/t13?,20-,23+,24-/m0/s1. The molecule has 1 aromatic carbocycles. The lowest BCUT2D eigenvalue weighted by molar-refractivity contribution is -0.162. The molecule has 4 atom stereocenters. The molecule has 1 saturated heterocycles. The Bertz CT molecular complexity index is 1330. The Hall–Kier alpha value is -3.37. The fraction of sp³-hybridized carbons (Fsp3) is 0.333. The van der Waals surface area contributed by atoms with Crippen LogP contribution in [0.25, 0.3) is 11.9 Å². The van der Waals surface area contributed by atoms with Gasteiger partial charge in [-0.15, -0.1) is 5.17 Å². The highest BCUT2D eigenvalue weighted by Crippen LogP contribution is 2.67. The van der Waals surface area contributed by atoms with E-state index < -0.39 is 28.1 Å². The van der Waals surface area contributed by atoms with Crippen LogP contribution in [-0.4, -0.2) is 44.0 Å². The van der Waals surface area contributed by atoms with Gasteiger partial charge in [0.2, 0.25) is 0 Å². The van der Waals surface area contributed by atoms with Gasteiger partial charge in [0.05, 0.1) is 23.4 Å². The van der Waals surface area contributed by atoms with E-state index in [2.05, 4.69) is 20.7 Å². The third-order valence-electron chi connectivity index (χ3n) is 6.48. The summed E-state index contributed by atoms with van der Waals surface area (Å²) in [6.45, 7) is 4.15. The van der Waals surface area contributed by atoms with Gasteiger partial charge in [-0.3, -0.25) is 20.1 Å². The lowest BCUT2D eigenvalue weighted by atomic mass is 9.85. The number of nitriles is 1. The number of nitrogens with one attached hydrogen (secondary N) is 2. The van der Waals surface area contributed by atoms with E-state index >= 15 is 4.39 Å². The van der Waals surface area contributed by atoms with E-state index in [1.165, 1.54) is 54.4 Å². The quantitative estimate of drug-likeness (QED) is 0.562. The lowest BCUT2D eigenvalue weighted by Crippen LogP contribution is -2.49. The molecule has 9 nitrogen and oxygen atoms in total. The van der Waals surface area contributed by atoms with Gasteiger partial charge in [0.25, 0.3) is 0 Å². The van der Waals surface area contributed by atoms with Gasteiger partial charge >= 0.3 is 6.09 Å². The molecule has 0 spiro atoms. The van der Waals surface area contributed by atoms with Crippen LogP contribution < -0.4 is 10.7 Å². The highest BCUT2D eigenvalue weighted by molar-refractivity contribution is 8.15. The predicted octanol–water partition coefficient (Wildman–Crippen LogP) is 4.00. The minimum Gasteiger partial charge on any atom is -0.465 e. The maximum absolute atomic E-state index is 15.3. The fourth-order valence-electron chi connectivity index (χ4n) is 4.64. The number of hydrazine groups is 1. The Balaban J connectivity index is 1.52. The third kappa shape index (κ3) is 4.24. The number of thioether (sulfide) groups is 1. The molecule has 12 heteroatoms. The van der Waals surface area contributed by atoms with E-state index in [4.69, 9.17) is 10.1 Å². The monoisotopic (exact) mass is 512 g/mol. The van der Waals surface area contributed by atoms with Crippen molar-refractivity contribution < 1.29 is 23.5 Å². The van der Waals surface area contributed by atoms with Crippen LogP contribution in [0.3, 0.4) is 0 Å². The molecule has 3 heterocycles. The number of amidine groups is 1. The summed E-state index contributed by atoms with van der Waals surface area (Å²) in [7, 11) is 0. The third-order valence-corrected chi connectivity index (χ3v) is 7.84. The Kier molecular flexibility index (Phi) is 6.04. The van der Waals surface area contributed by atoms with E-state index in [-0.39, 0.29) is 28.4 Å². The van der Waals surface area contributed by atoms with Crippen LogP contribution in [0, 0.1) is 23.1 Å². The average Bonchev–Trinajstić information content (AvgIpc) is 3.44. The van der Waals surface area contributed by atoms with E-state index in [1.54, 1.807) is 12.1 Å². The van der Waals surface area contributed by atoms with Crippen LogP contribution in [-0.2, 0) is 10.4 Å². The summed E-state index contributed by atoms with van der Waals surface area (Å²) in [4.78, 5) is 25.1. The Morgan fingerprint density at radius 2 is 2.25 bits per heavy atom. The lowest BCUT2D eigenvalue weighted by Gasteiger charge is -2.37. The molecule has 36 heavy (non-hydrogen) atoms. The smallest absolute Gasteiger partial charge is 0.410 e. The van der Waals surface area contributed by atoms with Crippen molar-refractivity contribution in [1.82, 2.24) is 20.9 Å². The molecule has 3 aliphatic rings. The van der Waals surface area contributed by atoms with Crippen molar-refractivity contribution in [2.45, 2.75) is 36.7 Å². The van der Waals surface area contributed by atoms with Gasteiger partial charge in [-0.05, 0) is 56.2 Å². The Morgan fingerprint density at radius 1 is 1.44 bits per heavy atom. The maximum Gasteiger partial charge on any atom is 0.410 e. The van der Waals surface area contributed by atoms with Gasteiger partial charge < -0.3 is 5.11 Å². The molecule has 1 unspecified atom stereocenters. The Labute approximate surface area is 209 Å². The first-order chi connectivity index (χ1) is 17.1. The number of fused-ring (bicyclic) bond motifs is 1. The van der Waals surface area contributed by atoms with Gasteiger partial charge in [0, 0.05) is 23.7 Å². The molecule has 5 rings (SSSR count). The molecule has 1 saturated carbocycles. The van der Waals surface area contributed by atoms with Crippen molar-refractivity contribution in [3.8, 4) is 6.07 Å². The molecule has 0 bridgehead atoms. The van der Waals surface area contributed by atoms with E-state index in [0.29, 0.717) is 24.2 Å². The number of aliphatic imine (C=N–C) groups is 1. The molecule has 1 amide bonds. The maximum atomic E-state index is 15.3. The predicted molar refractivity (Wildman–Crippen MR) is 129 cm³/mol. The molecule has 2 aromatic rings. The normalized spacial score (nSPS) is 29.8. The summed E-state index contributed by atoms with van der Waals surface area (Å²) in [5.74, 6) is -1.41. The zero-order valence-electron chi connectivity index (χ0n) is 19.3. The van der Waals surface area contributed by atoms with E-state index in [9.17, 15) is 14.3 Å². The number of pyridine rings is 1. The molecule has 1 aliphatic carbocycles. The van der Waals surface area contributed by atoms with Gasteiger partial charge in [-0.2, -0.15) is 5.26 Å². The van der Waals surface area contributed by atoms with Crippen molar-refractivity contribution >= 4 is 34.9 Å². The number of hydrogen-bond donors (Lipinski definition) is 3. The van der Waals surface area contributed by atoms with E-state index in [0.717, 1.165) is 0 Å². The number of hydrogen-bond acceptors (Lipinski definition) is 8. The Morgan fingerprint density at radius 3 is 2.89 bits per heavy atom. The molecule has 3 N–H and O–H groups in total. The summed E-state index contributed by atoms with van der Waals surface area (Å²) in [6.07, 6.45) is 1.78. The molecule has 186 valence electrons. The number of benzene rings is 1. The van der Waals surface area contributed by atoms with Gasteiger partial charge in [-0.25, -0.2) is 19.0 Å². The van der Waals surface area contributed by atoms with Crippen molar-refractivity contribution in [3.63, 3.8) is 0 Å². The van der Waals surface area contributed by atoms with Crippen molar-refractivity contribution in [2.75, 3.05) is 6.61 Å². The summed E-state index contributed by atoms with van der Waals surface area (Å²) >= 11 is 1.22. The second-order valence-electron chi connectivity index (χ2n) is 9.09. The van der Waals surface area contributed by atoms with Crippen LogP contribution in [0.4, 0.5) is 13.6 Å². The summed E-state index contributed by atoms with van der Waals surface area (Å²) < 4.78 is 30.2. The summed E-state index contributed by atoms with van der Waals surface area (Å²) in [5.41, 5.74) is 3.01. The van der Waals surface area contributed by atoms with Crippen LogP contribution in [0.2, 0.25) is 0 Å². The first kappa shape index (κ1) is 24.3. The van der Waals surface area contributed by atoms with Gasteiger partial charge in [-0.1, -0.05) is 17.8 Å². The minimum atomic E-state index is -1.28. The number of carbonyl (C=O) groups is 1. The number of rotatable bonds is 4. The highest BCUT2D eigenvalue weighted by Gasteiger charge is 2.71. The SMILES string of the molecule is CC1CON([C@]23C[C@H]2[C@@](C)(c2cc(/C=C(\F)c4ccc(C#N)cn4)ccc2F)N=C(NC(=O)O)S3)N1. The summed E-state index contributed by atoms with van der Waals surface area (Å²) in [5, 5.41) is 22.3. The molecule has 2 aliphatic heterocycles. The molecular weight excluding hydrogens is 490 g/mol. The van der Waals surface area contributed by atoms with Crippen molar-refractivity contribution in [1.29, 1.82) is 5.26 Å². The molecular formula is C24H22F2N6O3S. The topological polar surface area (TPSA) is 123 Å². The molecule has 0 radical (unpaired) electrons. The second-order valence-corrected chi connectivity index (χ2v) is 10.4. The van der Waals surface area contributed by atoms with Crippen LogP contribution in [0.15, 0.2) is 41.5 Å². The molecule has 2 fully saturated rings. The minimum absolute atomic E-state index is 0.0405. The zero-order valence-corrected chi connectivity index (χ0v) is 20.1. The van der Waals surface area contributed by atoms with Crippen LogP contribution in [0.1, 0.15) is 42.7 Å². The second kappa shape index (κ2) is 8.94. The van der Waals surface area contributed by atoms with Gasteiger partial charge in [0.15, 0.2) is 5.17 Å². The van der Waals surface area contributed by atoms with Crippen molar-refractivity contribution in [3.05, 3.63) is 64.7 Å². The number of amides is 1. The van der Waals surface area contributed by atoms with Crippen LogP contribution in [0.5, 0.6) is 0 Å². The first-order valence-corrected chi connectivity index (χ1v) is 12.0. The largest absolute Gasteiger partial charge is 0.465 e. The molecule has 1 aromatic heterocycles. The summed E-state index contributed by atoms with van der Waals surface area (Å²) in [6, 6.07) is 9.04. The van der Waals surface area contributed by atoms with E-state index in [1.807, 2.05) is 13.0 Å². The number of aromatic nitrogens is 1. The number of nitrogens with zero attached hydrogens (tertiary/aromatic N) is 4. The number of hydroxylamine groups is 1. The fourth-order valence-corrected chi connectivity index (χ4v) is 6.16. The van der Waals surface area contributed by atoms with Crippen molar-refractivity contribution in [2.24, 2.45) is 10.9 Å². The average molecular weight is 513 g/mol. The number of carboxylic acid groups (broad SMARTS) is 1. The zero-order chi connectivity index (χ0) is 25.7. The van der Waals surface area contributed by atoms with Gasteiger partial charge in [0.1, 0.15) is 22.6 Å². The highest BCUT2D eigenvalue weighted by atomic mass is 32.2. The number of halogens is 2. The van der Waals surface area contributed by atoms with Crippen LogP contribution >= 0.6 is 11.8 Å². The first-order valence-electron chi connectivity index (χ1n) is 11.2.